The Morgan fingerprint density at radius 3 is 2.68 bits per heavy atom. The van der Waals surface area contributed by atoms with Crippen molar-refractivity contribution in [2.75, 3.05) is 26.2 Å². The van der Waals surface area contributed by atoms with Crippen LogP contribution in [0.15, 0.2) is 0 Å². The fourth-order valence-corrected chi connectivity index (χ4v) is 4.21. The summed E-state index contributed by atoms with van der Waals surface area (Å²) in [6.07, 6.45) is 2.51. The number of aromatic nitrogens is 1. The van der Waals surface area contributed by atoms with Crippen LogP contribution in [-0.4, -0.2) is 58.0 Å². The van der Waals surface area contributed by atoms with Crippen molar-refractivity contribution in [1.82, 2.24) is 14.8 Å². The molecule has 5 nitrogen and oxygen atoms in total. The Morgan fingerprint density at radius 2 is 2.05 bits per heavy atom. The van der Waals surface area contributed by atoms with Gasteiger partial charge in [-0.1, -0.05) is 0 Å². The molecule has 2 heterocycles. The molecule has 0 radical (unpaired) electrons. The third kappa shape index (κ3) is 3.34. The first-order valence-electron chi connectivity index (χ1n) is 7.71. The van der Waals surface area contributed by atoms with Gasteiger partial charge in [0.2, 0.25) is 5.91 Å². The Balaban J connectivity index is 1.57. The van der Waals surface area contributed by atoms with Gasteiger partial charge in [-0.05, 0) is 19.8 Å². The van der Waals surface area contributed by atoms with Gasteiger partial charge in [0.1, 0.15) is 10.4 Å². The molecule has 1 atom stereocenters. The van der Waals surface area contributed by atoms with E-state index in [1.54, 1.807) is 18.3 Å². The maximum atomic E-state index is 11.9. The van der Waals surface area contributed by atoms with Crippen LogP contribution in [0, 0.1) is 0 Å². The van der Waals surface area contributed by atoms with Crippen molar-refractivity contribution in [3.05, 3.63) is 15.6 Å². The number of hydrogen-bond acceptors (Lipinski definition) is 5. The quantitative estimate of drug-likeness (QED) is 0.788. The predicted octanol–water partition coefficient (Wildman–Crippen LogP) is 1.93. The van der Waals surface area contributed by atoms with Gasteiger partial charge >= 0.3 is 0 Å². The summed E-state index contributed by atoms with van der Waals surface area (Å²) in [6.45, 7) is 5.55. The molecule has 120 valence electrons. The number of aryl methyl sites for hydroxylation is 1. The lowest BCUT2D eigenvalue weighted by atomic mass is 10.0. The average molecular weight is 342 g/mol. The van der Waals surface area contributed by atoms with Crippen molar-refractivity contribution in [1.29, 1.82) is 0 Å². The summed E-state index contributed by atoms with van der Waals surface area (Å²) >= 11 is 7.40. The van der Waals surface area contributed by atoms with Crippen LogP contribution in [0.2, 0.25) is 0 Å². The SMILES string of the molecule is CC(Cl)C(=O)N1CCN(Cc2nc3c(s2)C(=O)CCC3)CC1. The first kappa shape index (κ1) is 15.9. The largest absolute Gasteiger partial charge is 0.339 e. The molecule has 1 amide bonds. The van der Waals surface area contributed by atoms with Crippen LogP contribution in [-0.2, 0) is 17.8 Å². The Hall–Kier alpha value is -0.980. The molecule has 1 aliphatic heterocycles. The van der Waals surface area contributed by atoms with E-state index in [2.05, 4.69) is 9.88 Å². The van der Waals surface area contributed by atoms with E-state index in [0.717, 1.165) is 48.1 Å². The minimum atomic E-state index is -0.455. The highest BCUT2D eigenvalue weighted by molar-refractivity contribution is 7.13. The number of piperazine rings is 1. The lowest BCUT2D eigenvalue weighted by molar-refractivity contribution is -0.132. The normalized spacial score (nSPS) is 20.8. The molecule has 1 aromatic rings. The van der Waals surface area contributed by atoms with E-state index in [1.807, 2.05) is 4.90 Å². The molecule has 22 heavy (non-hydrogen) atoms. The zero-order valence-corrected chi connectivity index (χ0v) is 14.3. The van der Waals surface area contributed by atoms with E-state index < -0.39 is 5.38 Å². The summed E-state index contributed by atoms with van der Waals surface area (Å²) in [5, 5.41) is 0.564. The number of Topliss-reactive ketones (excluding diaryl/α,β-unsaturated/α-hetero) is 1. The molecule has 1 aliphatic carbocycles. The smallest absolute Gasteiger partial charge is 0.240 e. The number of halogens is 1. The third-order valence-corrected chi connectivity index (χ3v) is 5.51. The minimum Gasteiger partial charge on any atom is -0.339 e. The zero-order chi connectivity index (χ0) is 15.7. The second-order valence-electron chi connectivity index (χ2n) is 5.88. The van der Waals surface area contributed by atoms with Gasteiger partial charge < -0.3 is 4.90 Å². The topological polar surface area (TPSA) is 53.5 Å². The van der Waals surface area contributed by atoms with Gasteiger partial charge in [-0.2, -0.15) is 0 Å². The summed E-state index contributed by atoms with van der Waals surface area (Å²) in [5.41, 5.74) is 0.987. The average Bonchev–Trinajstić information content (AvgIpc) is 2.91. The lowest BCUT2D eigenvalue weighted by Crippen LogP contribution is -2.49. The fourth-order valence-electron chi connectivity index (χ4n) is 2.95. The number of hydrogen-bond donors (Lipinski definition) is 0. The second kappa shape index (κ2) is 6.64. The van der Waals surface area contributed by atoms with Gasteiger partial charge in [0, 0.05) is 32.6 Å². The number of carbonyl (C=O) groups excluding carboxylic acids is 2. The molecule has 1 fully saturated rings. The minimum absolute atomic E-state index is 0.0108. The highest BCUT2D eigenvalue weighted by atomic mass is 35.5. The molecular weight excluding hydrogens is 322 g/mol. The van der Waals surface area contributed by atoms with E-state index in [0.29, 0.717) is 19.5 Å². The summed E-state index contributed by atoms with van der Waals surface area (Å²) in [4.78, 5) is 33.3. The van der Waals surface area contributed by atoms with Crippen molar-refractivity contribution in [3.8, 4) is 0 Å². The van der Waals surface area contributed by atoms with Crippen LogP contribution >= 0.6 is 22.9 Å². The zero-order valence-electron chi connectivity index (χ0n) is 12.7. The molecule has 0 aromatic carbocycles. The number of amides is 1. The van der Waals surface area contributed by atoms with Gasteiger partial charge in [-0.25, -0.2) is 4.98 Å². The number of ketones is 1. The molecule has 1 unspecified atom stereocenters. The van der Waals surface area contributed by atoms with E-state index in [1.165, 1.54) is 0 Å². The van der Waals surface area contributed by atoms with Crippen molar-refractivity contribution < 1.29 is 9.59 Å². The van der Waals surface area contributed by atoms with Crippen molar-refractivity contribution in [3.63, 3.8) is 0 Å². The Morgan fingerprint density at radius 1 is 1.32 bits per heavy atom. The molecular formula is C15H20ClN3O2S. The maximum absolute atomic E-state index is 11.9. The van der Waals surface area contributed by atoms with Gasteiger partial charge in [-0.15, -0.1) is 22.9 Å². The van der Waals surface area contributed by atoms with Crippen molar-refractivity contribution in [2.24, 2.45) is 0 Å². The van der Waals surface area contributed by atoms with Gasteiger partial charge in [0.25, 0.3) is 0 Å². The van der Waals surface area contributed by atoms with Crippen molar-refractivity contribution in [2.45, 2.75) is 38.1 Å². The van der Waals surface area contributed by atoms with Gasteiger partial charge in [-0.3, -0.25) is 14.5 Å². The fraction of sp³-hybridized carbons (Fsp3) is 0.667. The number of carbonyl (C=O) groups is 2. The monoisotopic (exact) mass is 341 g/mol. The molecule has 1 aromatic heterocycles. The molecule has 1 saturated heterocycles. The van der Waals surface area contributed by atoms with Crippen LogP contribution < -0.4 is 0 Å². The molecule has 3 rings (SSSR count). The number of nitrogens with zero attached hydrogens (tertiary/aromatic N) is 3. The highest BCUT2D eigenvalue weighted by Gasteiger charge is 2.26. The summed E-state index contributed by atoms with van der Waals surface area (Å²) in [7, 11) is 0. The third-order valence-electron chi connectivity index (χ3n) is 4.20. The first-order chi connectivity index (χ1) is 10.5. The number of fused-ring (bicyclic) bond motifs is 1. The Kier molecular flexibility index (Phi) is 4.80. The lowest BCUT2D eigenvalue weighted by Gasteiger charge is -2.34. The van der Waals surface area contributed by atoms with Gasteiger partial charge in [0.05, 0.1) is 17.1 Å². The highest BCUT2D eigenvalue weighted by Crippen LogP contribution is 2.27. The molecule has 0 N–H and O–H groups in total. The second-order valence-corrected chi connectivity index (χ2v) is 7.62. The van der Waals surface area contributed by atoms with Crippen LogP contribution in [0.5, 0.6) is 0 Å². The standard InChI is InChI=1S/C15H20ClN3O2S/c1-10(16)15(21)19-7-5-18(6-8-19)9-13-17-11-3-2-4-12(20)14(11)22-13/h10H,2-9H2,1H3. The van der Waals surface area contributed by atoms with Crippen molar-refractivity contribution >= 4 is 34.6 Å². The van der Waals surface area contributed by atoms with E-state index in [4.69, 9.17) is 11.6 Å². The van der Waals surface area contributed by atoms with Crippen LogP contribution in [0.1, 0.15) is 40.1 Å². The van der Waals surface area contributed by atoms with Gasteiger partial charge in [0.15, 0.2) is 5.78 Å². The first-order valence-corrected chi connectivity index (χ1v) is 8.97. The number of rotatable bonds is 3. The molecule has 0 bridgehead atoms. The Bertz CT molecular complexity index is 579. The molecule has 2 aliphatic rings. The number of thiazole rings is 1. The Labute approximate surface area is 139 Å². The summed E-state index contributed by atoms with van der Waals surface area (Å²) in [5.74, 6) is 0.258. The molecule has 0 spiro atoms. The van der Waals surface area contributed by atoms with Crippen LogP contribution in [0.25, 0.3) is 0 Å². The predicted molar refractivity (Wildman–Crippen MR) is 86.6 cm³/mol. The molecule has 0 saturated carbocycles. The molecule has 7 heteroatoms. The summed E-state index contributed by atoms with van der Waals surface area (Å²) < 4.78 is 0. The van der Waals surface area contributed by atoms with Crippen LogP contribution in [0.3, 0.4) is 0 Å². The summed E-state index contributed by atoms with van der Waals surface area (Å²) in [6, 6.07) is 0. The maximum Gasteiger partial charge on any atom is 0.240 e. The van der Waals surface area contributed by atoms with E-state index in [9.17, 15) is 9.59 Å². The van der Waals surface area contributed by atoms with Crippen LogP contribution in [0.4, 0.5) is 0 Å². The number of alkyl halides is 1. The van der Waals surface area contributed by atoms with E-state index >= 15 is 0 Å². The van der Waals surface area contributed by atoms with E-state index in [-0.39, 0.29) is 11.7 Å².